The van der Waals surface area contributed by atoms with E-state index in [0.717, 1.165) is 24.1 Å². The van der Waals surface area contributed by atoms with Gasteiger partial charge in [0.2, 0.25) is 0 Å². The number of hydrogen-bond acceptors (Lipinski definition) is 6. The Morgan fingerprint density at radius 3 is 2.53 bits per heavy atom. The number of benzene rings is 2. The van der Waals surface area contributed by atoms with Crippen LogP contribution in [0.5, 0.6) is 11.5 Å². The summed E-state index contributed by atoms with van der Waals surface area (Å²) in [6.45, 7) is 4.94. The number of amides is 2. The SMILES string of the molecule is CCCCCN1C(=O)C(C#N)=C(C)/C(=C\c2cn(-c3ccccc3)nc2-c2ccc3c(c2)OCCO3)C1=O. The van der Waals surface area contributed by atoms with Gasteiger partial charge in [-0.3, -0.25) is 14.5 Å². The quantitative estimate of drug-likeness (QED) is 0.250. The second-order valence-corrected chi connectivity index (χ2v) is 9.21. The van der Waals surface area contributed by atoms with E-state index >= 15 is 0 Å². The number of carbonyl (C=O) groups excluding carboxylic acids is 2. The lowest BCUT2D eigenvalue weighted by Gasteiger charge is -2.27. The first-order valence-electron chi connectivity index (χ1n) is 12.8. The van der Waals surface area contributed by atoms with E-state index in [1.165, 1.54) is 4.90 Å². The highest BCUT2D eigenvalue weighted by molar-refractivity contribution is 6.19. The van der Waals surface area contributed by atoms with E-state index in [-0.39, 0.29) is 12.1 Å². The molecule has 0 saturated carbocycles. The van der Waals surface area contributed by atoms with Gasteiger partial charge in [-0.2, -0.15) is 10.4 Å². The minimum Gasteiger partial charge on any atom is -0.486 e. The van der Waals surface area contributed by atoms with Crippen molar-refractivity contribution in [3.8, 4) is 34.5 Å². The van der Waals surface area contributed by atoms with E-state index in [1.54, 1.807) is 17.7 Å². The van der Waals surface area contributed by atoms with E-state index in [1.807, 2.05) is 60.8 Å². The highest BCUT2D eigenvalue weighted by atomic mass is 16.6. The summed E-state index contributed by atoms with van der Waals surface area (Å²) in [6.07, 6.45) is 6.11. The molecule has 0 unspecified atom stereocenters. The summed E-state index contributed by atoms with van der Waals surface area (Å²) in [4.78, 5) is 27.7. The molecule has 2 aliphatic rings. The number of para-hydroxylation sites is 1. The monoisotopic (exact) mass is 508 g/mol. The molecule has 0 saturated heterocycles. The number of unbranched alkanes of at least 4 members (excludes halogenated alkanes) is 2. The maximum atomic E-state index is 13.6. The number of aromatic nitrogens is 2. The lowest BCUT2D eigenvalue weighted by Crippen LogP contribution is -2.43. The van der Waals surface area contributed by atoms with Crippen LogP contribution in [0, 0.1) is 11.3 Å². The van der Waals surface area contributed by atoms with Crippen molar-refractivity contribution in [2.24, 2.45) is 0 Å². The standard InChI is InChI=1S/C30H28N4O4/c1-3-4-8-13-33-29(35)24(20(2)25(18-31)30(33)36)16-22-19-34(23-9-6-5-7-10-23)32-28(22)21-11-12-26-27(17-21)38-15-14-37-26/h5-7,9-12,16-17,19H,3-4,8,13-15H2,1-2H3/b24-16+. The third kappa shape index (κ3) is 4.71. The van der Waals surface area contributed by atoms with Gasteiger partial charge >= 0.3 is 0 Å². The minimum atomic E-state index is -0.532. The molecule has 0 atom stereocenters. The van der Waals surface area contributed by atoms with Gasteiger partial charge in [-0.25, -0.2) is 4.68 Å². The fourth-order valence-corrected chi connectivity index (χ4v) is 4.63. The molecule has 5 rings (SSSR count). The molecule has 8 nitrogen and oxygen atoms in total. The molecule has 3 heterocycles. The van der Waals surface area contributed by atoms with Crippen molar-refractivity contribution in [2.75, 3.05) is 19.8 Å². The Morgan fingerprint density at radius 2 is 1.79 bits per heavy atom. The Kier molecular flexibility index (Phi) is 7.09. The number of fused-ring (bicyclic) bond motifs is 1. The summed E-state index contributed by atoms with van der Waals surface area (Å²) in [5.41, 5.74) is 3.62. The summed E-state index contributed by atoms with van der Waals surface area (Å²) >= 11 is 0. The summed E-state index contributed by atoms with van der Waals surface area (Å²) in [5, 5.41) is 14.6. The zero-order valence-electron chi connectivity index (χ0n) is 21.4. The van der Waals surface area contributed by atoms with Gasteiger partial charge < -0.3 is 9.47 Å². The van der Waals surface area contributed by atoms with Gasteiger partial charge in [-0.1, -0.05) is 38.0 Å². The second kappa shape index (κ2) is 10.8. The molecule has 192 valence electrons. The van der Waals surface area contributed by atoms with E-state index in [9.17, 15) is 14.9 Å². The Morgan fingerprint density at radius 1 is 1.03 bits per heavy atom. The van der Waals surface area contributed by atoms with E-state index in [4.69, 9.17) is 14.6 Å². The van der Waals surface area contributed by atoms with Gasteiger partial charge in [0, 0.05) is 29.4 Å². The van der Waals surface area contributed by atoms with Crippen LogP contribution in [0.2, 0.25) is 0 Å². The number of hydrogen-bond donors (Lipinski definition) is 0. The van der Waals surface area contributed by atoms with Crippen molar-refractivity contribution < 1.29 is 19.1 Å². The van der Waals surface area contributed by atoms with Crippen LogP contribution in [0.15, 0.2) is 71.4 Å². The molecular weight excluding hydrogens is 480 g/mol. The predicted molar refractivity (Wildman–Crippen MR) is 143 cm³/mol. The Bertz CT molecular complexity index is 1490. The van der Waals surface area contributed by atoms with Gasteiger partial charge in [-0.05, 0) is 55.3 Å². The molecule has 3 aromatic rings. The lowest BCUT2D eigenvalue weighted by atomic mass is 9.93. The van der Waals surface area contributed by atoms with Gasteiger partial charge in [-0.15, -0.1) is 0 Å². The van der Waals surface area contributed by atoms with Gasteiger partial charge in [0.15, 0.2) is 11.5 Å². The van der Waals surface area contributed by atoms with Crippen LogP contribution in [0.1, 0.15) is 38.7 Å². The Balaban J connectivity index is 1.64. The molecule has 0 radical (unpaired) electrons. The second-order valence-electron chi connectivity index (χ2n) is 9.21. The fraction of sp³-hybridized carbons (Fsp3) is 0.267. The summed E-state index contributed by atoms with van der Waals surface area (Å²) in [7, 11) is 0. The number of nitriles is 1. The largest absolute Gasteiger partial charge is 0.486 e. The highest BCUT2D eigenvalue weighted by Gasteiger charge is 2.35. The molecule has 8 heteroatoms. The summed E-state index contributed by atoms with van der Waals surface area (Å²) in [5.74, 6) is 0.368. The minimum absolute atomic E-state index is 0.0105. The van der Waals surface area contributed by atoms with Gasteiger partial charge in [0.25, 0.3) is 11.8 Å². The van der Waals surface area contributed by atoms with Crippen LogP contribution in [0.3, 0.4) is 0 Å². The molecule has 0 N–H and O–H groups in total. The molecule has 0 fully saturated rings. The van der Waals surface area contributed by atoms with Crippen LogP contribution in [-0.2, 0) is 9.59 Å². The third-order valence-corrected chi connectivity index (χ3v) is 6.69. The zero-order chi connectivity index (χ0) is 26.6. The number of imide groups is 1. The molecule has 38 heavy (non-hydrogen) atoms. The number of rotatable bonds is 7. The van der Waals surface area contributed by atoms with Crippen molar-refractivity contribution >= 4 is 17.9 Å². The van der Waals surface area contributed by atoms with Crippen LogP contribution >= 0.6 is 0 Å². The summed E-state index contributed by atoms with van der Waals surface area (Å²) < 4.78 is 13.2. The normalized spacial score (nSPS) is 16.2. The first-order valence-corrected chi connectivity index (χ1v) is 12.8. The zero-order valence-corrected chi connectivity index (χ0v) is 21.4. The first-order chi connectivity index (χ1) is 18.5. The maximum absolute atomic E-state index is 13.6. The highest BCUT2D eigenvalue weighted by Crippen LogP contribution is 2.37. The molecule has 2 aromatic carbocycles. The van der Waals surface area contributed by atoms with Crippen LogP contribution < -0.4 is 9.47 Å². The Hall–Kier alpha value is -4.64. The fourth-order valence-electron chi connectivity index (χ4n) is 4.63. The molecule has 2 aliphatic heterocycles. The molecule has 0 spiro atoms. The third-order valence-electron chi connectivity index (χ3n) is 6.69. The van der Waals surface area contributed by atoms with Crippen LogP contribution in [0.25, 0.3) is 23.0 Å². The van der Waals surface area contributed by atoms with Crippen molar-refractivity contribution in [3.05, 3.63) is 77.0 Å². The first kappa shape index (κ1) is 25.0. The van der Waals surface area contributed by atoms with Crippen molar-refractivity contribution in [3.63, 3.8) is 0 Å². The molecular formula is C30H28N4O4. The Labute approximate surface area is 221 Å². The molecule has 0 bridgehead atoms. The van der Waals surface area contributed by atoms with Crippen LogP contribution in [-0.4, -0.2) is 46.3 Å². The number of carbonyl (C=O) groups is 2. The average molecular weight is 509 g/mol. The van der Waals surface area contributed by atoms with Crippen LogP contribution in [0.4, 0.5) is 0 Å². The van der Waals surface area contributed by atoms with E-state index < -0.39 is 11.8 Å². The van der Waals surface area contributed by atoms with Crippen molar-refractivity contribution in [1.82, 2.24) is 14.7 Å². The maximum Gasteiger partial charge on any atom is 0.271 e. The predicted octanol–water partition coefficient (Wildman–Crippen LogP) is 5.09. The number of nitrogens with zero attached hydrogens (tertiary/aromatic N) is 4. The molecule has 2 amide bonds. The van der Waals surface area contributed by atoms with E-state index in [2.05, 4.69) is 6.92 Å². The van der Waals surface area contributed by atoms with Crippen molar-refractivity contribution in [1.29, 1.82) is 5.26 Å². The molecule has 0 aliphatic carbocycles. The van der Waals surface area contributed by atoms with E-state index in [0.29, 0.717) is 53.5 Å². The van der Waals surface area contributed by atoms with Gasteiger partial charge in [0.05, 0.1) is 5.69 Å². The van der Waals surface area contributed by atoms with Crippen molar-refractivity contribution in [2.45, 2.75) is 33.1 Å². The number of ether oxygens (including phenoxy) is 2. The topological polar surface area (TPSA) is 97.5 Å². The lowest BCUT2D eigenvalue weighted by molar-refractivity contribution is -0.140. The van der Waals surface area contributed by atoms with Gasteiger partial charge in [0.1, 0.15) is 30.6 Å². The molecule has 1 aromatic heterocycles. The summed E-state index contributed by atoms with van der Waals surface area (Å²) in [6, 6.07) is 17.3. The average Bonchev–Trinajstić information content (AvgIpc) is 3.37. The smallest absolute Gasteiger partial charge is 0.271 e.